The molecule has 0 N–H and O–H groups in total. The molecule has 90 valence electrons. The molecule has 0 aliphatic carbocycles. The Bertz CT molecular complexity index is 582. The number of benzene rings is 2. The van der Waals surface area contributed by atoms with Gasteiger partial charge in [-0.15, -0.1) is 0 Å². The molecule has 0 spiro atoms. The maximum atomic E-state index is 2.28. The van der Waals surface area contributed by atoms with Crippen LogP contribution in [0.2, 0.25) is 0 Å². The first-order chi connectivity index (χ1) is 8.70. The van der Waals surface area contributed by atoms with Crippen molar-refractivity contribution in [1.29, 1.82) is 0 Å². The molecule has 3 rings (SSSR count). The zero-order chi connectivity index (χ0) is 12.7. The molecule has 2 aromatic carbocycles. The standard InChI is InChI=1S/C17H17N/c1-12-13(2)15-9-5-7-11-17(15)18(3)16-10-6-4-8-14(12)16/h4-11H,1-3H3. The first-order valence-corrected chi connectivity index (χ1v) is 6.30. The van der Waals surface area contributed by atoms with Crippen LogP contribution in [0, 0.1) is 0 Å². The van der Waals surface area contributed by atoms with E-state index in [4.69, 9.17) is 0 Å². The third-order valence-corrected chi connectivity index (χ3v) is 3.90. The predicted octanol–water partition coefficient (Wildman–Crippen LogP) is 4.72. The zero-order valence-electron chi connectivity index (χ0n) is 11.1. The van der Waals surface area contributed by atoms with E-state index in [2.05, 4.69) is 74.3 Å². The summed E-state index contributed by atoms with van der Waals surface area (Å²) in [5.74, 6) is 0. The van der Waals surface area contributed by atoms with E-state index >= 15 is 0 Å². The summed E-state index contributed by atoms with van der Waals surface area (Å²) in [6.07, 6.45) is 0. The normalized spacial score (nSPS) is 14.1. The first kappa shape index (κ1) is 11.1. The molecule has 0 fully saturated rings. The van der Waals surface area contributed by atoms with Crippen LogP contribution in [0.1, 0.15) is 25.0 Å². The van der Waals surface area contributed by atoms with Crippen molar-refractivity contribution < 1.29 is 0 Å². The summed E-state index contributed by atoms with van der Waals surface area (Å²) in [5, 5.41) is 0. The lowest BCUT2D eigenvalue weighted by molar-refractivity contribution is 1.20. The number of anilines is 2. The summed E-state index contributed by atoms with van der Waals surface area (Å²) in [4.78, 5) is 2.28. The van der Waals surface area contributed by atoms with Crippen molar-refractivity contribution in [2.75, 3.05) is 11.9 Å². The van der Waals surface area contributed by atoms with Gasteiger partial charge in [-0.3, -0.25) is 0 Å². The Balaban J connectivity index is 2.39. The Morgan fingerprint density at radius 2 is 1.06 bits per heavy atom. The van der Waals surface area contributed by atoms with Gasteiger partial charge in [0.15, 0.2) is 0 Å². The second-order valence-electron chi connectivity index (χ2n) is 4.84. The lowest BCUT2D eigenvalue weighted by Gasteiger charge is -2.22. The van der Waals surface area contributed by atoms with Crippen LogP contribution in [0.15, 0.2) is 48.5 Å². The summed E-state index contributed by atoms with van der Waals surface area (Å²) in [6, 6.07) is 17.2. The van der Waals surface area contributed by atoms with E-state index in [0.29, 0.717) is 0 Å². The molecule has 1 heterocycles. The molecule has 0 bridgehead atoms. The number of rotatable bonds is 0. The molecular weight excluding hydrogens is 218 g/mol. The molecule has 18 heavy (non-hydrogen) atoms. The van der Waals surface area contributed by atoms with Crippen molar-refractivity contribution in [1.82, 2.24) is 0 Å². The minimum absolute atomic E-state index is 1.28. The summed E-state index contributed by atoms with van der Waals surface area (Å²) in [6.45, 7) is 4.42. The van der Waals surface area contributed by atoms with Crippen LogP contribution in [0.25, 0.3) is 11.1 Å². The minimum Gasteiger partial charge on any atom is -0.344 e. The van der Waals surface area contributed by atoms with Crippen LogP contribution >= 0.6 is 0 Å². The molecule has 0 aromatic heterocycles. The van der Waals surface area contributed by atoms with E-state index in [1.807, 2.05) is 0 Å². The van der Waals surface area contributed by atoms with E-state index in [0.717, 1.165) is 0 Å². The predicted molar refractivity (Wildman–Crippen MR) is 79.1 cm³/mol. The van der Waals surface area contributed by atoms with Crippen molar-refractivity contribution in [3.05, 3.63) is 59.7 Å². The van der Waals surface area contributed by atoms with Crippen molar-refractivity contribution in [2.24, 2.45) is 0 Å². The van der Waals surface area contributed by atoms with E-state index in [9.17, 15) is 0 Å². The highest BCUT2D eigenvalue weighted by atomic mass is 15.1. The summed E-state index contributed by atoms with van der Waals surface area (Å²) >= 11 is 0. The third-order valence-electron chi connectivity index (χ3n) is 3.90. The molecule has 1 aliphatic rings. The average Bonchev–Trinajstić information content (AvgIpc) is 2.51. The van der Waals surface area contributed by atoms with E-state index < -0.39 is 0 Å². The van der Waals surface area contributed by atoms with Gasteiger partial charge in [0, 0.05) is 29.5 Å². The smallest absolute Gasteiger partial charge is 0.0484 e. The molecule has 0 radical (unpaired) electrons. The maximum Gasteiger partial charge on any atom is 0.0484 e. The van der Waals surface area contributed by atoms with Crippen LogP contribution in [0.4, 0.5) is 11.4 Å². The molecule has 0 saturated heterocycles. The lowest BCUT2D eigenvalue weighted by atomic mass is 9.97. The van der Waals surface area contributed by atoms with E-state index in [-0.39, 0.29) is 0 Å². The van der Waals surface area contributed by atoms with Crippen molar-refractivity contribution in [2.45, 2.75) is 13.8 Å². The molecule has 0 unspecified atom stereocenters. The van der Waals surface area contributed by atoms with Crippen LogP contribution in [-0.2, 0) is 0 Å². The van der Waals surface area contributed by atoms with Gasteiger partial charge in [-0.2, -0.15) is 0 Å². The molecular formula is C17H17N. The topological polar surface area (TPSA) is 3.24 Å². The second kappa shape index (κ2) is 4.02. The molecule has 2 aromatic rings. The van der Waals surface area contributed by atoms with Crippen LogP contribution in [0.3, 0.4) is 0 Å². The number of nitrogens with zero attached hydrogens (tertiary/aromatic N) is 1. The van der Waals surface area contributed by atoms with Crippen molar-refractivity contribution in [3.8, 4) is 0 Å². The zero-order valence-corrected chi connectivity index (χ0v) is 11.1. The highest BCUT2D eigenvalue weighted by molar-refractivity contribution is 5.99. The first-order valence-electron chi connectivity index (χ1n) is 6.30. The van der Waals surface area contributed by atoms with Crippen molar-refractivity contribution >= 4 is 22.5 Å². The van der Waals surface area contributed by atoms with E-state index in [1.54, 1.807) is 0 Å². The fourth-order valence-electron chi connectivity index (χ4n) is 2.70. The van der Waals surface area contributed by atoms with Gasteiger partial charge in [0.05, 0.1) is 0 Å². The monoisotopic (exact) mass is 235 g/mol. The van der Waals surface area contributed by atoms with Gasteiger partial charge in [-0.1, -0.05) is 36.4 Å². The Morgan fingerprint density at radius 1 is 0.667 bits per heavy atom. The molecule has 1 heteroatoms. The SMILES string of the molecule is CC1=C(C)c2ccccc2N(C)c2ccccc21. The molecule has 1 aliphatic heterocycles. The quantitative estimate of drug-likeness (QED) is 0.638. The number of para-hydroxylation sites is 2. The van der Waals surface area contributed by atoms with Crippen LogP contribution in [-0.4, -0.2) is 7.05 Å². The lowest BCUT2D eigenvalue weighted by Crippen LogP contribution is -2.11. The Morgan fingerprint density at radius 3 is 1.50 bits per heavy atom. The van der Waals surface area contributed by atoms with Gasteiger partial charge < -0.3 is 4.90 Å². The summed E-state index contributed by atoms with van der Waals surface area (Å²) in [7, 11) is 2.14. The van der Waals surface area contributed by atoms with Crippen molar-refractivity contribution in [3.63, 3.8) is 0 Å². The number of allylic oxidation sites excluding steroid dienone is 2. The van der Waals surface area contributed by atoms with Crippen LogP contribution in [0.5, 0.6) is 0 Å². The Kier molecular flexibility index (Phi) is 2.48. The van der Waals surface area contributed by atoms with Gasteiger partial charge in [0.2, 0.25) is 0 Å². The molecule has 0 atom stereocenters. The Labute approximate surface area is 108 Å². The summed E-state index contributed by atoms with van der Waals surface area (Å²) < 4.78 is 0. The minimum atomic E-state index is 1.28. The van der Waals surface area contributed by atoms with Gasteiger partial charge in [-0.25, -0.2) is 0 Å². The van der Waals surface area contributed by atoms with E-state index in [1.165, 1.54) is 33.6 Å². The highest BCUT2D eigenvalue weighted by Crippen LogP contribution is 2.41. The number of fused-ring (bicyclic) bond motifs is 2. The fourth-order valence-corrected chi connectivity index (χ4v) is 2.70. The van der Waals surface area contributed by atoms with Gasteiger partial charge >= 0.3 is 0 Å². The average molecular weight is 235 g/mol. The largest absolute Gasteiger partial charge is 0.344 e. The third kappa shape index (κ3) is 1.47. The molecule has 1 nitrogen and oxygen atoms in total. The van der Waals surface area contributed by atoms with Gasteiger partial charge in [-0.05, 0) is 37.1 Å². The highest BCUT2D eigenvalue weighted by Gasteiger charge is 2.19. The summed E-state index contributed by atoms with van der Waals surface area (Å²) in [5.41, 5.74) is 7.94. The number of hydrogen-bond acceptors (Lipinski definition) is 1. The second-order valence-corrected chi connectivity index (χ2v) is 4.84. The Hall–Kier alpha value is -2.02. The van der Waals surface area contributed by atoms with Crippen LogP contribution < -0.4 is 4.90 Å². The fraction of sp³-hybridized carbons (Fsp3) is 0.176. The molecule has 0 saturated carbocycles. The maximum absolute atomic E-state index is 2.28. The molecule has 0 amide bonds. The van der Waals surface area contributed by atoms with Gasteiger partial charge in [0.1, 0.15) is 0 Å². The van der Waals surface area contributed by atoms with Gasteiger partial charge in [0.25, 0.3) is 0 Å². The number of hydrogen-bond donors (Lipinski definition) is 0.